The number of carbonyl (C=O) groups excluding carboxylic acids is 2. The van der Waals surface area contributed by atoms with Gasteiger partial charge in [0.25, 0.3) is 9.84 Å². The van der Waals surface area contributed by atoms with Gasteiger partial charge in [0, 0.05) is 17.6 Å². The Morgan fingerprint density at radius 2 is 1.70 bits per heavy atom. The summed E-state index contributed by atoms with van der Waals surface area (Å²) in [6.07, 6.45) is 2.02. The van der Waals surface area contributed by atoms with E-state index in [2.05, 4.69) is 10.3 Å². The van der Waals surface area contributed by atoms with Crippen molar-refractivity contribution in [3.05, 3.63) is 66.4 Å². The van der Waals surface area contributed by atoms with E-state index in [0.29, 0.717) is 6.42 Å². The number of imide groups is 1. The van der Waals surface area contributed by atoms with E-state index < -0.39 is 44.1 Å². The second-order valence-corrected chi connectivity index (χ2v) is 9.59. The molecule has 1 fully saturated rings. The molecule has 1 aliphatic heterocycles. The first-order valence-electron chi connectivity index (χ1n) is 9.89. The van der Waals surface area contributed by atoms with Gasteiger partial charge in [-0.1, -0.05) is 25.1 Å². The summed E-state index contributed by atoms with van der Waals surface area (Å²) in [7, 11) is -5.53. The summed E-state index contributed by atoms with van der Waals surface area (Å²) in [5, 5.41) is 3.68. The predicted molar refractivity (Wildman–Crippen MR) is 114 cm³/mol. The fourth-order valence-electron chi connectivity index (χ4n) is 3.77. The van der Waals surface area contributed by atoms with Gasteiger partial charge in [0.05, 0.1) is 22.0 Å². The van der Waals surface area contributed by atoms with Crippen LogP contribution in [0.1, 0.15) is 12.5 Å². The van der Waals surface area contributed by atoms with Crippen LogP contribution in [0.25, 0.3) is 10.9 Å². The number of pyridine rings is 1. The molecular weight excluding hydrogens is 459 g/mol. The first-order valence-corrected chi connectivity index (χ1v) is 11.4. The van der Waals surface area contributed by atoms with Crippen molar-refractivity contribution in [2.75, 3.05) is 4.90 Å². The number of para-hydroxylation sites is 1. The summed E-state index contributed by atoms with van der Waals surface area (Å²) in [6, 6.07) is 11.5. The number of benzene rings is 2. The summed E-state index contributed by atoms with van der Waals surface area (Å²) >= 11 is 0. The van der Waals surface area contributed by atoms with E-state index in [9.17, 15) is 31.2 Å². The fraction of sp³-hybridized carbons (Fsp3) is 0.227. The lowest BCUT2D eigenvalue weighted by molar-refractivity contribution is -0.122. The van der Waals surface area contributed by atoms with Crippen molar-refractivity contribution in [3.8, 4) is 0 Å². The third-order valence-electron chi connectivity index (χ3n) is 5.61. The van der Waals surface area contributed by atoms with E-state index in [0.717, 1.165) is 45.6 Å². The monoisotopic (exact) mass is 477 g/mol. The van der Waals surface area contributed by atoms with Crippen LogP contribution in [0.2, 0.25) is 0 Å². The van der Waals surface area contributed by atoms with Gasteiger partial charge in [-0.05, 0) is 48.4 Å². The molecule has 2 heterocycles. The molecule has 1 aliphatic rings. The molecule has 0 radical (unpaired) electrons. The molecule has 11 heteroatoms. The Kier molecular flexibility index (Phi) is 5.61. The van der Waals surface area contributed by atoms with E-state index in [4.69, 9.17) is 0 Å². The number of anilines is 1. The highest BCUT2D eigenvalue weighted by Crippen LogP contribution is 2.32. The fourth-order valence-corrected chi connectivity index (χ4v) is 4.54. The standard InChI is InChI=1S/C22H18F3N3O4S/c1-13-19(12-14-10-11-26-18-5-3-2-4-17(14)18)27-21(30)28(20(13)29)15-6-8-16(9-7-15)33(31,32)22(23,24)25/h2-11,13,19H,12H2,1H3,(H,27,30). The van der Waals surface area contributed by atoms with Crippen LogP contribution in [0.3, 0.4) is 0 Å². The van der Waals surface area contributed by atoms with Crippen LogP contribution in [-0.2, 0) is 21.1 Å². The number of carbonyl (C=O) groups is 2. The average Bonchev–Trinajstić information content (AvgIpc) is 2.77. The number of nitrogens with zero attached hydrogens (tertiary/aromatic N) is 2. The molecule has 0 spiro atoms. The minimum absolute atomic E-state index is 0.0294. The first kappa shape index (κ1) is 22.7. The number of hydrogen-bond acceptors (Lipinski definition) is 5. The van der Waals surface area contributed by atoms with Crippen LogP contribution in [0.4, 0.5) is 23.7 Å². The minimum Gasteiger partial charge on any atom is -0.333 e. The normalized spacial score (nSPS) is 19.6. The molecule has 2 atom stereocenters. The third kappa shape index (κ3) is 4.04. The number of urea groups is 1. The quantitative estimate of drug-likeness (QED) is 0.616. The number of hydrogen-bond donors (Lipinski definition) is 1. The molecule has 4 rings (SSSR count). The number of halogens is 3. The SMILES string of the molecule is CC1C(=O)N(c2ccc(S(=O)(=O)C(F)(F)F)cc2)C(=O)NC1Cc1ccnc2ccccc12. The van der Waals surface area contributed by atoms with Gasteiger partial charge < -0.3 is 5.32 Å². The highest BCUT2D eigenvalue weighted by molar-refractivity contribution is 7.92. The van der Waals surface area contributed by atoms with E-state index >= 15 is 0 Å². The Balaban J connectivity index is 1.57. The van der Waals surface area contributed by atoms with Crippen molar-refractivity contribution in [1.29, 1.82) is 0 Å². The van der Waals surface area contributed by atoms with Gasteiger partial charge in [-0.15, -0.1) is 0 Å². The molecule has 0 aliphatic carbocycles. The number of amides is 3. The molecule has 2 aromatic carbocycles. The number of aromatic nitrogens is 1. The molecule has 0 saturated carbocycles. The van der Waals surface area contributed by atoms with Gasteiger partial charge in [0.1, 0.15) is 0 Å². The van der Waals surface area contributed by atoms with Crippen LogP contribution < -0.4 is 10.2 Å². The van der Waals surface area contributed by atoms with Crippen molar-refractivity contribution in [3.63, 3.8) is 0 Å². The smallest absolute Gasteiger partial charge is 0.333 e. The average molecular weight is 477 g/mol. The molecule has 0 bridgehead atoms. The lowest BCUT2D eigenvalue weighted by Gasteiger charge is -2.36. The van der Waals surface area contributed by atoms with E-state index in [-0.39, 0.29) is 5.69 Å². The molecule has 1 aromatic heterocycles. The predicted octanol–water partition coefficient (Wildman–Crippen LogP) is 3.83. The molecule has 33 heavy (non-hydrogen) atoms. The maximum absolute atomic E-state index is 13.0. The second kappa shape index (κ2) is 8.14. The third-order valence-corrected chi connectivity index (χ3v) is 7.12. The van der Waals surface area contributed by atoms with Gasteiger partial charge in [-0.3, -0.25) is 9.78 Å². The molecule has 7 nitrogen and oxygen atoms in total. The van der Waals surface area contributed by atoms with Crippen molar-refractivity contribution in [2.45, 2.75) is 29.8 Å². The Labute approximate surface area is 187 Å². The minimum atomic E-state index is -5.53. The number of fused-ring (bicyclic) bond motifs is 1. The summed E-state index contributed by atoms with van der Waals surface area (Å²) in [5.41, 5.74) is -3.79. The molecule has 1 N–H and O–H groups in total. The Morgan fingerprint density at radius 1 is 1.03 bits per heavy atom. The molecule has 3 aromatic rings. The maximum atomic E-state index is 13.0. The van der Waals surface area contributed by atoms with Gasteiger partial charge in [-0.25, -0.2) is 18.1 Å². The maximum Gasteiger partial charge on any atom is 0.501 e. The zero-order chi connectivity index (χ0) is 24.0. The number of sulfone groups is 1. The number of rotatable bonds is 4. The Bertz CT molecular complexity index is 1340. The summed E-state index contributed by atoms with van der Waals surface area (Å²) in [5.74, 6) is -1.19. The largest absolute Gasteiger partial charge is 0.501 e. The van der Waals surface area contributed by atoms with Gasteiger partial charge in [0.15, 0.2) is 0 Å². The van der Waals surface area contributed by atoms with E-state index in [1.807, 2.05) is 30.3 Å². The van der Waals surface area contributed by atoms with Crippen molar-refractivity contribution in [2.24, 2.45) is 5.92 Å². The molecule has 2 unspecified atom stereocenters. The van der Waals surface area contributed by atoms with Crippen LogP contribution in [0.5, 0.6) is 0 Å². The van der Waals surface area contributed by atoms with Gasteiger partial charge >= 0.3 is 11.5 Å². The summed E-state index contributed by atoms with van der Waals surface area (Å²) in [6.45, 7) is 1.64. The van der Waals surface area contributed by atoms with Crippen LogP contribution in [-0.4, -0.2) is 36.9 Å². The Morgan fingerprint density at radius 3 is 2.36 bits per heavy atom. The molecular formula is C22H18F3N3O4S. The van der Waals surface area contributed by atoms with E-state index in [1.165, 1.54) is 0 Å². The van der Waals surface area contributed by atoms with Crippen molar-refractivity contribution < 1.29 is 31.2 Å². The highest BCUT2D eigenvalue weighted by Gasteiger charge is 2.47. The second-order valence-electron chi connectivity index (χ2n) is 7.65. The van der Waals surface area contributed by atoms with Crippen molar-refractivity contribution in [1.82, 2.24) is 10.3 Å². The van der Waals surface area contributed by atoms with Crippen LogP contribution >= 0.6 is 0 Å². The zero-order valence-corrected chi connectivity index (χ0v) is 18.0. The lowest BCUT2D eigenvalue weighted by Crippen LogP contribution is -2.60. The van der Waals surface area contributed by atoms with Crippen LogP contribution in [0.15, 0.2) is 65.7 Å². The van der Waals surface area contributed by atoms with E-state index in [1.54, 1.807) is 13.1 Å². The molecule has 3 amide bonds. The van der Waals surface area contributed by atoms with Gasteiger partial charge in [0.2, 0.25) is 5.91 Å². The number of nitrogens with one attached hydrogen (secondary N) is 1. The van der Waals surface area contributed by atoms with Gasteiger partial charge in [-0.2, -0.15) is 13.2 Å². The van der Waals surface area contributed by atoms with Crippen molar-refractivity contribution >= 4 is 38.4 Å². The molecule has 172 valence electrons. The summed E-state index contributed by atoms with van der Waals surface area (Å²) < 4.78 is 61.3. The van der Waals surface area contributed by atoms with Crippen LogP contribution in [0, 0.1) is 5.92 Å². The lowest BCUT2D eigenvalue weighted by atomic mass is 9.90. The molecule has 1 saturated heterocycles. The topological polar surface area (TPSA) is 96.4 Å². The highest BCUT2D eigenvalue weighted by atomic mass is 32.2. The summed E-state index contributed by atoms with van der Waals surface area (Å²) in [4.78, 5) is 29.9. The first-order chi connectivity index (χ1) is 15.5. The number of alkyl halides is 3. The Hall–Kier alpha value is -3.47. The zero-order valence-electron chi connectivity index (χ0n) is 17.2.